The number of anilines is 1. The highest BCUT2D eigenvalue weighted by molar-refractivity contribution is 7.99. The highest BCUT2D eigenvalue weighted by Gasteiger charge is 2.23. The third kappa shape index (κ3) is 6.11. The number of thioether (sulfide) groups is 1. The maximum absolute atomic E-state index is 13.5. The minimum atomic E-state index is -0.403. The number of hydrogen-bond acceptors (Lipinski definition) is 7. The van der Waals surface area contributed by atoms with Crippen molar-refractivity contribution in [2.24, 2.45) is 0 Å². The molecule has 0 bridgehead atoms. The molecule has 1 N–H and O–H groups in total. The van der Waals surface area contributed by atoms with Crippen LogP contribution in [0.2, 0.25) is 0 Å². The molecule has 2 heterocycles. The van der Waals surface area contributed by atoms with Crippen LogP contribution in [0.15, 0.2) is 53.7 Å². The second kappa shape index (κ2) is 10.5. The summed E-state index contributed by atoms with van der Waals surface area (Å²) in [5.74, 6) is -0.886. The van der Waals surface area contributed by atoms with Gasteiger partial charge in [0.15, 0.2) is 0 Å². The Morgan fingerprint density at radius 3 is 2.48 bits per heavy atom. The summed E-state index contributed by atoms with van der Waals surface area (Å²) in [6.07, 6.45) is 0. The first kappa shape index (κ1) is 22.8. The molecular formula is C21H21F2N7O2S. The van der Waals surface area contributed by atoms with E-state index in [1.54, 1.807) is 17.0 Å². The lowest BCUT2D eigenvalue weighted by Crippen LogP contribution is -2.50. The molecule has 9 nitrogen and oxygen atoms in total. The van der Waals surface area contributed by atoms with Gasteiger partial charge in [0.2, 0.25) is 17.0 Å². The molecule has 1 aliphatic rings. The molecule has 1 saturated heterocycles. The van der Waals surface area contributed by atoms with Gasteiger partial charge in [0.1, 0.15) is 11.6 Å². The number of benzene rings is 2. The molecule has 0 unspecified atom stereocenters. The zero-order valence-corrected chi connectivity index (χ0v) is 18.3. The Kier molecular flexibility index (Phi) is 7.25. The summed E-state index contributed by atoms with van der Waals surface area (Å²) in [7, 11) is 0. The van der Waals surface area contributed by atoms with E-state index in [0.29, 0.717) is 42.7 Å². The summed E-state index contributed by atoms with van der Waals surface area (Å²) >= 11 is 1.18. The van der Waals surface area contributed by atoms with Crippen molar-refractivity contribution < 1.29 is 18.4 Å². The van der Waals surface area contributed by atoms with Crippen molar-refractivity contribution in [2.75, 3.05) is 43.8 Å². The smallest absolute Gasteiger partial charge is 0.238 e. The topological polar surface area (TPSA) is 96.2 Å². The fourth-order valence-electron chi connectivity index (χ4n) is 3.35. The van der Waals surface area contributed by atoms with E-state index in [-0.39, 0.29) is 29.9 Å². The van der Waals surface area contributed by atoms with Gasteiger partial charge in [0, 0.05) is 31.9 Å². The molecule has 1 aromatic heterocycles. The van der Waals surface area contributed by atoms with Gasteiger partial charge >= 0.3 is 0 Å². The van der Waals surface area contributed by atoms with E-state index in [4.69, 9.17) is 0 Å². The second-order valence-electron chi connectivity index (χ2n) is 7.35. The molecule has 0 radical (unpaired) electrons. The number of tetrazole rings is 1. The lowest BCUT2D eigenvalue weighted by molar-refractivity contribution is -0.130. The number of carbonyl (C=O) groups excluding carboxylic acids is 2. The van der Waals surface area contributed by atoms with Crippen molar-refractivity contribution in [3.63, 3.8) is 0 Å². The van der Waals surface area contributed by atoms with Crippen molar-refractivity contribution in [1.82, 2.24) is 30.0 Å². The first-order valence-corrected chi connectivity index (χ1v) is 11.2. The first-order valence-electron chi connectivity index (χ1n) is 10.2. The van der Waals surface area contributed by atoms with Crippen LogP contribution in [-0.4, -0.2) is 80.3 Å². The second-order valence-corrected chi connectivity index (χ2v) is 8.30. The van der Waals surface area contributed by atoms with E-state index in [2.05, 4.69) is 20.8 Å². The lowest BCUT2D eigenvalue weighted by Gasteiger charge is -2.34. The fourth-order valence-corrected chi connectivity index (χ4v) is 4.14. The number of rotatable bonds is 7. The Morgan fingerprint density at radius 1 is 1.00 bits per heavy atom. The van der Waals surface area contributed by atoms with Crippen molar-refractivity contribution in [3.05, 3.63) is 60.2 Å². The highest BCUT2D eigenvalue weighted by atomic mass is 32.2. The van der Waals surface area contributed by atoms with E-state index in [9.17, 15) is 18.4 Å². The number of piperazine rings is 1. The maximum atomic E-state index is 13.5. The predicted molar refractivity (Wildman–Crippen MR) is 118 cm³/mol. The summed E-state index contributed by atoms with van der Waals surface area (Å²) in [5.41, 5.74) is 1.01. The zero-order chi connectivity index (χ0) is 23.2. The molecule has 2 aromatic carbocycles. The van der Waals surface area contributed by atoms with E-state index in [1.165, 1.54) is 52.8 Å². The third-order valence-electron chi connectivity index (χ3n) is 5.04. The fraction of sp³-hybridized carbons (Fsp3) is 0.286. The van der Waals surface area contributed by atoms with Gasteiger partial charge in [-0.15, -0.1) is 5.10 Å². The summed E-state index contributed by atoms with van der Waals surface area (Å²) in [4.78, 5) is 28.5. The normalized spacial score (nSPS) is 14.3. The minimum absolute atomic E-state index is 0.0656. The number of amides is 2. The Labute approximate surface area is 192 Å². The molecule has 12 heteroatoms. The van der Waals surface area contributed by atoms with Gasteiger partial charge in [-0.1, -0.05) is 17.8 Å². The molecule has 172 valence electrons. The number of carbonyl (C=O) groups is 2. The lowest BCUT2D eigenvalue weighted by atomic mass is 10.3. The van der Waals surface area contributed by atoms with Crippen molar-refractivity contribution in [2.45, 2.75) is 5.16 Å². The van der Waals surface area contributed by atoms with Crippen LogP contribution < -0.4 is 5.32 Å². The predicted octanol–water partition coefficient (Wildman–Crippen LogP) is 1.82. The van der Waals surface area contributed by atoms with Crippen LogP contribution in [0.3, 0.4) is 0 Å². The van der Waals surface area contributed by atoms with E-state index < -0.39 is 5.82 Å². The molecule has 0 saturated carbocycles. The average molecular weight is 474 g/mol. The van der Waals surface area contributed by atoms with E-state index >= 15 is 0 Å². The highest BCUT2D eigenvalue weighted by Crippen LogP contribution is 2.19. The van der Waals surface area contributed by atoms with Crippen molar-refractivity contribution in [3.8, 4) is 5.69 Å². The SMILES string of the molecule is O=C(CN1CCN(C(=O)CSc2nnnn2-c2cccc(F)c2)CC1)Nc1ccc(F)cc1. The van der Waals surface area contributed by atoms with Gasteiger partial charge in [0.25, 0.3) is 0 Å². The van der Waals surface area contributed by atoms with E-state index in [0.717, 1.165) is 0 Å². The van der Waals surface area contributed by atoms with Gasteiger partial charge in [-0.2, -0.15) is 4.68 Å². The molecule has 3 aromatic rings. The Morgan fingerprint density at radius 2 is 1.76 bits per heavy atom. The zero-order valence-electron chi connectivity index (χ0n) is 17.5. The Hall–Kier alpha value is -3.38. The van der Waals surface area contributed by atoms with Gasteiger partial charge in [-0.3, -0.25) is 14.5 Å². The molecule has 33 heavy (non-hydrogen) atoms. The number of nitrogens with one attached hydrogen (secondary N) is 1. The summed E-state index contributed by atoms with van der Waals surface area (Å²) in [6, 6.07) is 11.5. The Bertz CT molecular complexity index is 1120. The van der Waals surface area contributed by atoms with Gasteiger partial charge in [0.05, 0.1) is 18.0 Å². The molecular weight excluding hydrogens is 452 g/mol. The van der Waals surface area contributed by atoms with Crippen LogP contribution in [0.25, 0.3) is 5.69 Å². The average Bonchev–Trinajstić information content (AvgIpc) is 3.28. The Balaban J connectivity index is 1.23. The van der Waals surface area contributed by atoms with Crippen molar-refractivity contribution >= 4 is 29.3 Å². The molecule has 0 atom stereocenters. The van der Waals surface area contributed by atoms with Crippen LogP contribution in [0, 0.1) is 11.6 Å². The number of aromatic nitrogens is 4. The third-order valence-corrected chi connectivity index (χ3v) is 5.94. The molecule has 0 aliphatic carbocycles. The summed E-state index contributed by atoms with van der Waals surface area (Å²) < 4.78 is 27.8. The first-order chi connectivity index (χ1) is 16.0. The summed E-state index contributed by atoms with van der Waals surface area (Å²) in [5, 5.41) is 14.5. The minimum Gasteiger partial charge on any atom is -0.339 e. The molecule has 0 spiro atoms. The number of halogens is 2. The molecule has 1 aliphatic heterocycles. The van der Waals surface area contributed by atoms with Gasteiger partial charge in [-0.25, -0.2) is 8.78 Å². The molecule has 4 rings (SSSR count). The largest absolute Gasteiger partial charge is 0.339 e. The van der Waals surface area contributed by atoms with Crippen LogP contribution in [0.1, 0.15) is 0 Å². The van der Waals surface area contributed by atoms with Crippen molar-refractivity contribution in [1.29, 1.82) is 0 Å². The molecule has 2 amide bonds. The van der Waals surface area contributed by atoms with Crippen LogP contribution >= 0.6 is 11.8 Å². The van der Waals surface area contributed by atoms with Crippen LogP contribution in [0.4, 0.5) is 14.5 Å². The number of nitrogens with zero attached hydrogens (tertiary/aromatic N) is 6. The number of hydrogen-bond donors (Lipinski definition) is 1. The molecule has 1 fully saturated rings. The maximum Gasteiger partial charge on any atom is 0.238 e. The quantitative estimate of drug-likeness (QED) is 0.523. The monoisotopic (exact) mass is 473 g/mol. The van der Waals surface area contributed by atoms with Gasteiger partial charge < -0.3 is 10.2 Å². The summed E-state index contributed by atoms with van der Waals surface area (Å²) in [6.45, 7) is 2.31. The van der Waals surface area contributed by atoms with Crippen LogP contribution in [-0.2, 0) is 9.59 Å². The van der Waals surface area contributed by atoms with Gasteiger partial charge in [-0.05, 0) is 52.9 Å². The van der Waals surface area contributed by atoms with Crippen LogP contribution in [0.5, 0.6) is 0 Å². The standard InChI is InChI=1S/C21H21F2N7O2S/c22-15-4-6-17(7-5-15)24-19(31)13-28-8-10-29(11-9-28)20(32)14-33-21-25-26-27-30(21)18-3-1-2-16(23)12-18/h1-7,12H,8-11,13-14H2,(H,24,31). The van der Waals surface area contributed by atoms with E-state index in [1.807, 2.05) is 4.90 Å².